The average molecular weight is 402 g/mol. The Bertz CT molecular complexity index is 1020. The molecule has 3 heterocycles. The summed E-state index contributed by atoms with van der Waals surface area (Å²) in [7, 11) is 0. The predicted molar refractivity (Wildman–Crippen MR) is 113 cm³/mol. The average Bonchev–Trinajstić information content (AvgIpc) is 3.20. The minimum Gasteiger partial charge on any atom is -0.266 e. The third-order valence-electron chi connectivity index (χ3n) is 6.44. The molecule has 6 heteroatoms. The molecular weight excluding hydrogens is 374 g/mol. The summed E-state index contributed by atoms with van der Waals surface area (Å²) in [5.41, 5.74) is 1.32. The molecule has 3 aromatic heterocycles. The molecule has 27 heavy (non-hydrogen) atoms. The quantitative estimate of drug-likeness (QED) is 0.578. The molecule has 4 nitrogen and oxygen atoms in total. The van der Waals surface area contributed by atoms with Crippen LogP contribution in [0, 0.1) is 11.8 Å². The van der Waals surface area contributed by atoms with Crippen molar-refractivity contribution in [1.82, 2.24) is 14.6 Å². The van der Waals surface area contributed by atoms with E-state index < -0.39 is 0 Å². The van der Waals surface area contributed by atoms with Gasteiger partial charge in [0, 0.05) is 11.3 Å². The molecule has 0 saturated heterocycles. The fraction of sp³-hybridized carbons (Fsp3) is 0.667. The first-order chi connectivity index (χ1) is 13.2. The molecule has 144 valence electrons. The van der Waals surface area contributed by atoms with Crippen molar-refractivity contribution in [2.24, 2.45) is 11.8 Å². The van der Waals surface area contributed by atoms with Gasteiger partial charge in [0.25, 0.3) is 5.56 Å². The molecule has 2 aliphatic carbocycles. The third-order valence-corrected chi connectivity index (χ3v) is 8.56. The normalized spacial score (nSPS) is 24.0. The zero-order valence-electron chi connectivity index (χ0n) is 16.0. The highest BCUT2D eigenvalue weighted by molar-refractivity contribution is 7.19. The van der Waals surface area contributed by atoms with Crippen LogP contribution in [0.25, 0.3) is 15.2 Å². The number of aryl methyl sites for hydroxylation is 2. The molecule has 3 aromatic rings. The van der Waals surface area contributed by atoms with Gasteiger partial charge in [0.2, 0.25) is 4.96 Å². The monoisotopic (exact) mass is 401 g/mol. The molecule has 0 N–H and O–H groups in total. The highest BCUT2D eigenvalue weighted by atomic mass is 32.1. The van der Waals surface area contributed by atoms with Crippen LogP contribution in [0.3, 0.4) is 0 Å². The molecule has 1 saturated carbocycles. The Hall–Kier alpha value is -1.27. The van der Waals surface area contributed by atoms with Crippen LogP contribution in [-0.2, 0) is 19.3 Å². The molecule has 1 fully saturated rings. The smallest absolute Gasteiger partial charge is 0.266 e. The molecule has 0 atom stereocenters. The number of thiophene rings is 1. The maximum atomic E-state index is 13.1. The minimum atomic E-state index is 0.0587. The summed E-state index contributed by atoms with van der Waals surface area (Å²) in [6.07, 6.45) is 13.5. The Labute approximate surface area is 167 Å². The van der Waals surface area contributed by atoms with Crippen LogP contribution in [0.1, 0.15) is 73.7 Å². The molecule has 0 unspecified atom stereocenters. The van der Waals surface area contributed by atoms with Crippen molar-refractivity contribution < 1.29 is 0 Å². The van der Waals surface area contributed by atoms with Gasteiger partial charge in [-0.05, 0) is 43.1 Å². The van der Waals surface area contributed by atoms with E-state index in [0.717, 1.165) is 45.4 Å². The second-order valence-electron chi connectivity index (χ2n) is 8.54. The Kier molecular flexibility index (Phi) is 4.80. The number of fused-ring (bicyclic) bond motifs is 4. The van der Waals surface area contributed by atoms with Crippen molar-refractivity contribution in [3.8, 4) is 0 Å². The zero-order chi connectivity index (χ0) is 18.4. The fourth-order valence-electron chi connectivity index (χ4n) is 4.90. The van der Waals surface area contributed by atoms with E-state index in [4.69, 9.17) is 10.1 Å². The van der Waals surface area contributed by atoms with E-state index in [1.807, 2.05) is 0 Å². The maximum Gasteiger partial charge on any atom is 0.284 e. The van der Waals surface area contributed by atoms with E-state index in [0.29, 0.717) is 5.92 Å². The topological polar surface area (TPSA) is 47.3 Å². The van der Waals surface area contributed by atoms with Crippen LogP contribution >= 0.6 is 22.7 Å². The summed E-state index contributed by atoms with van der Waals surface area (Å²) in [5, 5.41) is 6.66. The molecule has 0 aromatic carbocycles. The van der Waals surface area contributed by atoms with Crippen LogP contribution < -0.4 is 5.56 Å². The van der Waals surface area contributed by atoms with Crippen LogP contribution in [-0.4, -0.2) is 14.6 Å². The maximum absolute atomic E-state index is 13.1. The van der Waals surface area contributed by atoms with Crippen molar-refractivity contribution in [2.75, 3.05) is 0 Å². The van der Waals surface area contributed by atoms with Gasteiger partial charge in [0.05, 0.1) is 5.39 Å². The van der Waals surface area contributed by atoms with Crippen molar-refractivity contribution >= 4 is 37.9 Å². The first kappa shape index (κ1) is 17.8. The van der Waals surface area contributed by atoms with Crippen LogP contribution in [0.2, 0.25) is 0 Å². The molecule has 0 radical (unpaired) electrons. The van der Waals surface area contributed by atoms with E-state index in [1.165, 1.54) is 61.8 Å². The van der Waals surface area contributed by atoms with Gasteiger partial charge in [-0.2, -0.15) is 9.61 Å². The number of rotatable bonds is 2. The number of aromatic nitrogens is 3. The zero-order valence-corrected chi connectivity index (χ0v) is 17.6. The number of hydrogen-bond acceptors (Lipinski definition) is 5. The van der Waals surface area contributed by atoms with E-state index in [2.05, 4.69) is 6.92 Å². The standard InChI is InChI=1S/C21H27N3OS2/c1-13-6-4-8-14(9-5-7-13)12-17-23-24-20(25)18-15-10-2-3-11-16(15)26-19(18)22-21(24)27-17/h13-14H,2-12H2,1H3. The lowest BCUT2D eigenvalue weighted by Crippen LogP contribution is -2.17. The minimum absolute atomic E-state index is 0.0587. The first-order valence-electron chi connectivity index (χ1n) is 10.5. The van der Waals surface area contributed by atoms with Gasteiger partial charge in [0.1, 0.15) is 9.84 Å². The van der Waals surface area contributed by atoms with Gasteiger partial charge >= 0.3 is 0 Å². The summed E-state index contributed by atoms with van der Waals surface area (Å²) in [6, 6.07) is 0. The first-order valence-corrected chi connectivity index (χ1v) is 12.2. The molecule has 2 aliphatic rings. The summed E-state index contributed by atoms with van der Waals surface area (Å²) in [6.45, 7) is 2.39. The van der Waals surface area contributed by atoms with Crippen molar-refractivity contribution in [1.29, 1.82) is 0 Å². The second kappa shape index (κ2) is 7.28. The van der Waals surface area contributed by atoms with E-state index in [9.17, 15) is 4.79 Å². The Morgan fingerprint density at radius 3 is 2.63 bits per heavy atom. The largest absolute Gasteiger partial charge is 0.284 e. The van der Waals surface area contributed by atoms with Gasteiger partial charge in [0.15, 0.2) is 0 Å². The van der Waals surface area contributed by atoms with Crippen molar-refractivity contribution in [3.05, 3.63) is 25.8 Å². The highest BCUT2D eigenvalue weighted by Gasteiger charge is 2.22. The van der Waals surface area contributed by atoms with Crippen molar-refractivity contribution in [3.63, 3.8) is 0 Å². The Morgan fingerprint density at radius 2 is 1.81 bits per heavy atom. The summed E-state index contributed by atoms with van der Waals surface area (Å²) >= 11 is 3.36. The number of nitrogens with zero attached hydrogens (tertiary/aromatic N) is 3. The van der Waals surface area contributed by atoms with Crippen molar-refractivity contribution in [2.45, 2.75) is 77.6 Å². The molecule has 0 spiro atoms. The summed E-state index contributed by atoms with van der Waals surface area (Å²) < 4.78 is 1.59. The SMILES string of the molecule is CC1CCCC(Cc2nn3c(=O)c4c5c(sc4nc3s2)CCCC5)CCC1. The van der Waals surface area contributed by atoms with Crippen LogP contribution in [0.4, 0.5) is 0 Å². The second-order valence-corrected chi connectivity index (χ2v) is 10.7. The molecule has 5 rings (SSSR count). The molecule has 0 aliphatic heterocycles. The summed E-state index contributed by atoms with van der Waals surface area (Å²) in [5.74, 6) is 1.60. The van der Waals surface area contributed by atoms with E-state index >= 15 is 0 Å². The van der Waals surface area contributed by atoms with Gasteiger partial charge in [-0.3, -0.25) is 4.79 Å². The highest BCUT2D eigenvalue weighted by Crippen LogP contribution is 2.34. The third kappa shape index (κ3) is 3.35. The van der Waals surface area contributed by atoms with E-state index in [1.54, 1.807) is 27.2 Å². The van der Waals surface area contributed by atoms with Gasteiger partial charge < -0.3 is 0 Å². The van der Waals surface area contributed by atoms with Crippen LogP contribution in [0.15, 0.2) is 4.79 Å². The van der Waals surface area contributed by atoms with Gasteiger partial charge in [-0.1, -0.05) is 56.8 Å². The predicted octanol–water partition coefficient (Wildman–Crippen LogP) is 5.39. The van der Waals surface area contributed by atoms with E-state index in [-0.39, 0.29) is 5.56 Å². The van der Waals surface area contributed by atoms with Gasteiger partial charge in [-0.15, -0.1) is 11.3 Å². The Balaban J connectivity index is 1.47. The molecule has 0 bridgehead atoms. The lowest BCUT2D eigenvalue weighted by atomic mass is 9.85. The summed E-state index contributed by atoms with van der Waals surface area (Å²) in [4.78, 5) is 21.1. The van der Waals surface area contributed by atoms with Crippen LogP contribution in [0.5, 0.6) is 0 Å². The lowest BCUT2D eigenvalue weighted by Gasteiger charge is -2.21. The number of hydrogen-bond donors (Lipinski definition) is 0. The van der Waals surface area contributed by atoms with Gasteiger partial charge in [-0.25, -0.2) is 4.98 Å². The molecule has 0 amide bonds. The molecular formula is C21H27N3OS2. The fourth-order valence-corrected chi connectivity index (χ4v) is 7.21. The lowest BCUT2D eigenvalue weighted by molar-refractivity contribution is 0.328. The Morgan fingerprint density at radius 1 is 1.04 bits per heavy atom.